The van der Waals surface area contributed by atoms with Crippen LogP contribution in [0.1, 0.15) is 38.7 Å². The number of nitrogens with zero attached hydrogens (tertiary/aromatic N) is 4. The summed E-state index contributed by atoms with van der Waals surface area (Å²) in [6, 6.07) is 9.35. The van der Waals surface area contributed by atoms with Gasteiger partial charge < -0.3 is 19.9 Å². The highest BCUT2D eigenvalue weighted by Crippen LogP contribution is 2.21. The third kappa shape index (κ3) is 7.50. The maximum atomic E-state index is 12.6. The van der Waals surface area contributed by atoms with Gasteiger partial charge in [0.2, 0.25) is 0 Å². The molecule has 0 spiro atoms. The fourth-order valence-corrected chi connectivity index (χ4v) is 3.75. The van der Waals surface area contributed by atoms with Crippen molar-refractivity contribution in [3.8, 4) is 6.01 Å². The maximum absolute atomic E-state index is 12.6. The van der Waals surface area contributed by atoms with Crippen LogP contribution in [0.15, 0.2) is 54.3 Å². The van der Waals surface area contributed by atoms with E-state index in [0.717, 1.165) is 56.0 Å². The van der Waals surface area contributed by atoms with Gasteiger partial charge in [-0.1, -0.05) is 38.1 Å². The highest BCUT2D eigenvalue weighted by molar-refractivity contribution is 5.99. The van der Waals surface area contributed by atoms with Gasteiger partial charge in [0.25, 0.3) is 0 Å². The van der Waals surface area contributed by atoms with E-state index in [-0.39, 0.29) is 12.0 Å². The van der Waals surface area contributed by atoms with Gasteiger partial charge in [0.15, 0.2) is 0 Å². The highest BCUT2D eigenvalue weighted by atomic mass is 16.5. The Morgan fingerprint density at radius 2 is 1.94 bits per heavy atom. The smallest absolute Gasteiger partial charge is 0.324 e. The molecule has 2 aromatic rings. The normalized spacial score (nSPS) is 12.8. The van der Waals surface area contributed by atoms with Crippen molar-refractivity contribution >= 4 is 23.4 Å². The Labute approximate surface area is 202 Å². The summed E-state index contributed by atoms with van der Waals surface area (Å²) in [6.07, 6.45) is 9.01. The molecule has 8 heteroatoms. The number of likely N-dealkylation sites (N-methyl/N-ethyl adjacent to an activating group) is 1. The lowest BCUT2D eigenvalue weighted by molar-refractivity contribution is 0.262. The summed E-state index contributed by atoms with van der Waals surface area (Å²) in [5.74, 6) is 1.15. The first-order valence-electron chi connectivity index (χ1n) is 12.0. The van der Waals surface area contributed by atoms with E-state index in [1.165, 1.54) is 5.70 Å². The zero-order chi connectivity index (χ0) is 24.3. The Kier molecular flexibility index (Phi) is 9.31. The first-order chi connectivity index (χ1) is 16.5. The summed E-state index contributed by atoms with van der Waals surface area (Å²) in [5.41, 5.74) is 3.00. The number of carbonyl (C=O) groups excluding carboxylic acids is 1. The quantitative estimate of drug-likeness (QED) is 0.475. The average Bonchev–Trinajstić information content (AvgIpc) is 2.80. The lowest BCUT2D eigenvalue weighted by atomic mass is 10.2. The minimum atomic E-state index is -0.362. The third-order valence-electron chi connectivity index (χ3n) is 5.40. The van der Waals surface area contributed by atoms with Gasteiger partial charge in [-0.15, -0.1) is 0 Å². The monoisotopic (exact) mass is 464 g/mol. The molecule has 0 saturated heterocycles. The van der Waals surface area contributed by atoms with Crippen LogP contribution in [-0.4, -0.2) is 54.2 Å². The van der Waals surface area contributed by atoms with E-state index in [0.29, 0.717) is 12.4 Å². The van der Waals surface area contributed by atoms with E-state index in [2.05, 4.69) is 69.5 Å². The first-order valence-corrected chi connectivity index (χ1v) is 12.0. The van der Waals surface area contributed by atoms with Crippen molar-refractivity contribution in [2.24, 2.45) is 0 Å². The number of urea groups is 1. The summed E-state index contributed by atoms with van der Waals surface area (Å²) in [7, 11) is 2.06. The number of nitrogens with one attached hydrogen (secondary N) is 2. The molecule has 1 aliphatic heterocycles. The number of anilines is 3. The molecular formula is C26H36N6O2. The molecule has 1 aliphatic rings. The van der Waals surface area contributed by atoms with Gasteiger partial charge in [0.05, 0.1) is 6.61 Å². The van der Waals surface area contributed by atoms with Crippen LogP contribution in [0.25, 0.3) is 0 Å². The Morgan fingerprint density at radius 1 is 1.15 bits per heavy atom. The molecule has 0 unspecified atom stereocenters. The van der Waals surface area contributed by atoms with Crippen LogP contribution in [0, 0.1) is 6.92 Å². The van der Waals surface area contributed by atoms with Gasteiger partial charge in [-0.25, -0.2) is 4.79 Å². The van der Waals surface area contributed by atoms with Gasteiger partial charge in [-0.05, 0) is 43.5 Å². The largest absolute Gasteiger partial charge is 0.463 e. The van der Waals surface area contributed by atoms with E-state index in [9.17, 15) is 4.79 Å². The predicted molar refractivity (Wildman–Crippen MR) is 139 cm³/mol. The second kappa shape index (κ2) is 12.6. The number of benzene rings is 1. The molecule has 3 rings (SSSR count). The van der Waals surface area contributed by atoms with E-state index in [1.807, 2.05) is 31.2 Å². The van der Waals surface area contributed by atoms with Crippen molar-refractivity contribution in [1.82, 2.24) is 14.9 Å². The van der Waals surface area contributed by atoms with Gasteiger partial charge in [0.1, 0.15) is 11.6 Å². The number of carbonyl (C=O) groups is 1. The standard InChI is InChI=1S/C26H36N6O2/c1-5-14-32(15-6-2)24-19-23(28-25(33)27-21-11-9-10-20(3)18-21)29-26(30-24)34-17-13-22-12-7-8-16-31(22)4/h7-12,18-19H,5-6,13-17H2,1-4H3,(H2,27,28,29,30,33). The Hall–Kier alpha value is -3.55. The summed E-state index contributed by atoms with van der Waals surface area (Å²) in [5, 5.41) is 5.70. The van der Waals surface area contributed by atoms with Crippen LogP contribution in [0.3, 0.4) is 0 Å². The van der Waals surface area contributed by atoms with Crippen molar-refractivity contribution in [3.63, 3.8) is 0 Å². The number of aryl methyl sites for hydroxylation is 1. The Balaban J connectivity index is 1.75. The molecule has 0 fully saturated rings. The number of aromatic nitrogens is 2. The van der Waals surface area contributed by atoms with Crippen molar-refractivity contribution in [2.45, 2.75) is 40.0 Å². The van der Waals surface area contributed by atoms with E-state index in [1.54, 1.807) is 6.07 Å². The lowest BCUT2D eigenvalue weighted by Gasteiger charge is -2.24. The molecule has 34 heavy (non-hydrogen) atoms. The SMILES string of the molecule is CCCN(CCC)c1cc(NC(=O)Nc2cccc(C)c2)nc(OCCC2=CC=CCN2C)n1. The molecule has 182 valence electrons. The van der Waals surface area contributed by atoms with Crippen LogP contribution in [0.2, 0.25) is 0 Å². The summed E-state index contributed by atoms with van der Waals surface area (Å²) in [4.78, 5) is 26.1. The number of amides is 2. The van der Waals surface area contributed by atoms with Crippen molar-refractivity contribution in [1.29, 1.82) is 0 Å². The summed E-state index contributed by atoms with van der Waals surface area (Å²) >= 11 is 0. The topological polar surface area (TPSA) is 82.6 Å². The Bertz CT molecular complexity index is 1010. The molecule has 1 aromatic carbocycles. The van der Waals surface area contributed by atoms with Crippen LogP contribution >= 0.6 is 0 Å². The third-order valence-corrected chi connectivity index (χ3v) is 5.40. The summed E-state index contributed by atoms with van der Waals surface area (Å²) < 4.78 is 5.95. The molecule has 2 heterocycles. The molecule has 0 atom stereocenters. The number of ether oxygens (including phenoxy) is 1. The van der Waals surface area contributed by atoms with Crippen molar-refractivity contribution in [2.75, 3.05) is 48.8 Å². The molecular weight excluding hydrogens is 428 g/mol. The van der Waals surface area contributed by atoms with E-state index >= 15 is 0 Å². The van der Waals surface area contributed by atoms with Crippen LogP contribution < -0.4 is 20.3 Å². The molecule has 0 saturated carbocycles. The molecule has 0 aliphatic carbocycles. The van der Waals surface area contributed by atoms with Gasteiger partial charge >= 0.3 is 12.0 Å². The number of rotatable bonds is 11. The maximum Gasteiger partial charge on any atom is 0.324 e. The second-order valence-electron chi connectivity index (χ2n) is 8.39. The number of hydrogen-bond acceptors (Lipinski definition) is 6. The molecule has 2 amide bonds. The minimum absolute atomic E-state index is 0.259. The van der Waals surface area contributed by atoms with Crippen molar-refractivity contribution < 1.29 is 9.53 Å². The zero-order valence-electron chi connectivity index (χ0n) is 20.7. The van der Waals surface area contributed by atoms with Crippen molar-refractivity contribution in [3.05, 3.63) is 59.8 Å². The minimum Gasteiger partial charge on any atom is -0.463 e. The fraction of sp³-hybridized carbons (Fsp3) is 0.423. The highest BCUT2D eigenvalue weighted by Gasteiger charge is 2.14. The van der Waals surface area contributed by atoms with E-state index in [4.69, 9.17) is 4.74 Å². The molecule has 0 bridgehead atoms. The van der Waals surface area contributed by atoms with E-state index < -0.39 is 0 Å². The molecule has 0 radical (unpaired) electrons. The predicted octanol–water partition coefficient (Wildman–Crippen LogP) is 5.21. The van der Waals surface area contributed by atoms with Crippen LogP contribution in [0.5, 0.6) is 6.01 Å². The molecule has 2 N–H and O–H groups in total. The van der Waals surface area contributed by atoms with Gasteiger partial charge in [-0.3, -0.25) is 5.32 Å². The number of allylic oxidation sites excluding steroid dienone is 2. The second-order valence-corrected chi connectivity index (χ2v) is 8.39. The van der Waals surface area contributed by atoms with Crippen LogP contribution in [0.4, 0.5) is 22.1 Å². The Morgan fingerprint density at radius 3 is 2.65 bits per heavy atom. The molecule has 8 nitrogen and oxygen atoms in total. The zero-order valence-corrected chi connectivity index (χ0v) is 20.7. The summed E-state index contributed by atoms with van der Waals surface area (Å²) in [6.45, 7) is 9.33. The fourth-order valence-electron chi connectivity index (χ4n) is 3.75. The number of hydrogen-bond donors (Lipinski definition) is 2. The van der Waals surface area contributed by atoms with Gasteiger partial charge in [0, 0.05) is 50.6 Å². The lowest BCUT2D eigenvalue weighted by Crippen LogP contribution is -2.27. The first kappa shape index (κ1) is 25.1. The average molecular weight is 465 g/mol. The van der Waals surface area contributed by atoms with Gasteiger partial charge in [-0.2, -0.15) is 9.97 Å². The van der Waals surface area contributed by atoms with Crippen LogP contribution in [-0.2, 0) is 0 Å². The molecule has 1 aromatic heterocycles.